The van der Waals surface area contributed by atoms with E-state index < -0.39 is 21.9 Å². The van der Waals surface area contributed by atoms with E-state index in [2.05, 4.69) is 5.32 Å². The Labute approximate surface area is 229 Å². The van der Waals surface area contributed by atoms with Crippen LogP contribution in [0.4, 0.5) is 10.1 Å². The lowest BCUT2D eigenvalue weighted by atomic mass is 10.1. The third-order valence-electron chi connectivity index (χ3n) is 6.71. The van der Waals surface area contributed by atoms with Crippen molar-refractivity contribution in [1.82, 2.24) is 10.2 Å². The molecule has 2 aromatic carbocycles. The largest absolute Gasteiger partial charge is 0.495 e. The van der Waals surface area contributed by atoms with Gasteiger partial charge in [0.15, 0.2) is 0 Å². The number of carbonyl (C=O) groups excluding carboxylic acids is 2. The number of carbonyl (C=O) groups is 2. The smallest absolute Gasteiger partial charge is 0.242 e. The zero-order valence-electron chi connectivity index (χ0n) is 22.0. The van der Waals surface area contributed by atoms with Crippen LogP contribution >= 0.6 is 11.6 Å². The Morgan fingerprint density at radius 2 is 1.82 bits per heavy atom. The van der Waals surface area contributed by atoms with Crippen molar-refractivity contribution in [2.75, 3.05) is 24.2 Å². The van der Waals surface area contributed by atoms with E-state index in [1.54, 1.807) is 31.2 Å². The summed E-state index contributed by atoms with van der Waals surface area (Å²) < 4.78 is 44.8. The van der Waals surface area contributed by atoms with Gasteiger partial charge in [0.2, 0.25) is 21.8 Å². The van der Waals surface area contributed by atoms with Crippen molar-refractivity contribution in [2.24, 2.45) is 0 Å². The second kappa shape index (κ2) is 13.3. The van der Waals surface area contributed by atoms with E-state index >= 15 is 0 Å². The molecule has 1 fully saturated rings. The Hall–Kier alpha value is -2.85. The predicted octanol–water partition coefficient (Wildman–Crippen LogP) is 4.51. The van der Waals surface area contributed by atoms with Crippen molar-refractivity contribution in [3.63, 3.8) is 0 Å². The molecule has 1 aliphatic carbocycles. The summed E-state index contributed by atoms with van der Waals surface area (Å²) >= 11 is 6.19. The first kappa shape index (κ1) is 29.7. The summed E-state index contributed by atoms with van der Waals surface area (Å²) in [5.74, 6) is -0.513. The third kappa shape index (κ3) is 8.07. The van der Waals surface area contributed by atoms with Gasteiger partial charge in [0.05, 0.1) is 24.1 Å². The molecule has 0 radical (unpaired) electrons. The molecular formula is C27H35ClFN3O5S. The predicted molar refractivity (Wildman–Crippen MR) is 146 cm³/mol. The van der Waals surface area contributed by atoms with E-state index in [4.69, 9.17) is 16.3 Å². The minimum atomic E-state index is -3.66. The summed E-state index contributed by atoms with van der Waals surface area (Å²) in [6.07, 6.45) is 5.28. The summed E-state index contributed by atoms with van der Waals surface area (Å²) in [7, 11) is -2.19. The maximum absolute atomic E-state index is 13.4. The number of hydrogen-bond donors (Lipinski definition) is 1. The fourth-order valence-corrected chi connectivity index (χ4v) is 5.78. The van der Waals surface area contributed by atoms with Crippen LogP contribution < -0.4 is 14.4 Å². The molecule has 1 saturated carbocycles. The van der Waals surface area contributed by atoms with Gasteiger partial charge in [0, 0.05) is 25.6 Å². The van der Waals surface area contributed by atoms with Crippen LogP contribution in [0.15, 0.2) is 42.5 Å². The van der Waals surface area contributed by atoms with E-state index in [9.17, 15) is 22.4 Å². The number of ether oxygens (including phenoxy) is 1. The summed E-state index contributed by atoms with van der Waals surface area (Å²) in [6.45, 7) is 1.84. The minimum absolute atomic E-state index is 0.0121. The lowest BCUT2D eigenvalue weighted by molar-refractivity contribution is -0.141. The van der Waals surface area contributed by atoms with Gasteiger partial charge in [-0.05, 0) is 62.1 Å². The van der Waals surface area contributed by atoms with Gasteiger partial charge in [0.25, 0.3) is 0 Å². The fourth-order valence-electron chi connectivity index (χ4n) is 4.58. The van der Waals surface area contributed by atoms with E-state index in [-0.39, 0.29) is 48.8 Å². The van der Waals surface area contributed by atoms with Crippen LogP contribution in [0.25, 0.3) is 0 Å². The molecular weight excluding hydrogens is 533 g/mol. The topological polar surface area (TPSA) is 96.0 Å². The summed E-state index contributed by atoms with van der Waals surface area (Å²) in [5.41, 5.74) is 1.05. The molecule has 11 heteroatoms. The molecule has 0 saturated heterocycles. The first-order valence-corrected chi connectivity index (χ1v) is 14.9. The number of anilines is 1. The van der Waals surface area contributed by atoms with Gasteiger partial charge < -0.3 is 15.0 Å². The van der Waals surface area contributed by atoms with Gasteiger partial charge >= 0.3 is 0 Å². The Morgan fingerprint density at radius 1 is 1.16 bits per heavy atom. The van der Waals surface area contributed by atoms with Gasteiger partial charge in [-0.3, -0.25) is 13.9 Å². The van der Waals surface area contributed by atoms with Crippen LogP contribution in [0.5, 0.6) is 5.75 Å². The molecule has 0 heterocycles. The third-order valence-corrected chi connectivity index (χ3v) is 8.20. The van der Waals surface area contributed by atoms with Crippen molar-refractivity contribution in [1.29, 1.82) is 0 Å². The lowest BCUT2D eigenvalue weighted by Gasteiger charge is -2.30. The highest BCUT2D eigenvalue weighted by Crippen LogP contribution is 2.30. The first-order chi connectivity index (χ1) is 18.0. The van der Waals surface area contributed by atoms with E-state index in [0.717, 1.165) is 31.9 Å². The average Bonchev–Trinajstić information content (AvgIpc) is 3.38. The molecule has 0 aromatic heterocycles. The van der Waals surface area contributed by atoms with Crippen molar-refractivity contribution >= 4 is 39.1 Å². The fraction of sp³-hybridized carbons (Fsp3) is 0.481. The van der Waals surface area contributed by atoms with Crippen LogP contribution in [0.2, 0.25) is 5.02 Å². The highest BCUT2D eigenvalue weighted by atomic mass is 35.5. The van der Waals surface area contributed by atoms with Gasteiger partial charge in [-0.25, -0.2) is 12.8 Å². The molecule has 0 spiro atoms. The molecule has 8 nitrogen and oxygen atoms in total. The molecule has 3 rings (SSSR count). The van der Waals surface area contributed by atoms with Crippen molar-refractivity contribution in [3.8, 4) is 5.75 Å². The van der Waals surface area contributed by atoms with Crippen LogP contribution in [0, 0.1) is 5.82 Å². The SMILES string of the molecule is COc1ccc(N(CCCC(=O)N(Cc2ccc(F)cc2)[C@@H](C)C(=O)NC2CCCC2)S(C)(=O)=O)cc1Cl. The molecule has 208 valence electrons. The highest BCUT2D eigenvalue weighted by Gasteiger charge is 2.29. The molecule has 2 amide bonds. The summed E-state index contributed by atoms with van der Waals surface area (Å²) in [4.78, 5) is 27.8. The number of halogens is 2. The molecule has 1 N–H and O–H groups in total. The maximum Gasteiger partial charge on any atom is 0.242 e. The van der Waals surface area contributed by atoms with Crippen LogP contribution in [0.1, 0.15) is 51.0 Å². The number of methoxy groups -OCH3 is 1. The molecule has 0 aliphatic heterocycles. The average molecular weight is 568 g/mol. The van der Waals surface area contributed by atoms with Crippen molar-refractivity contribution in [3.05, 3.63) is 58.9 Å². The first-order valence-electron chi connectivity index (χ1n) is 12.6. The monoisotopic (exact) mass is 567 g/mol. The Kier molecular flexibility index (Phi) is 10.4. The minimum Gasteiger partial charge on any atom is -0.495 e. The number of benzene rings is 2. The molecule has 0 unspecified atom stereocenters. The maximum atomic E-state index is 13.4. The highest BCUT2D eigenvalue weighted by molar-refractivity contribution is 7.92. The summed E-state index contributed by atoms with van der Waals surface area (Å²) in [6, 6.07) is 9.80. The normalized spacial score (nSPS) is 14.7. The zero-order chi connectivity index (χ0) is 27.9. The number of nitrogens with zero attached hydrogens (tertiary/aromatic N) is 2. The van der Waals surface area contributed by atoms with Crippen LogP contribution in [-0.2, 0) is 26.2 Å². The molecule has 2 aromatic rings. The lowest BCUT2D eigenvalue weighted by Crippen LogP contribution is -2.49. The van der Waals surface area contributed by atoms with Crippen LogP contribution in [0.3, 0.4) is 0 Å². The van der Waals surface area contributed by atoms with Gasteiger partial charge in [0.1, 0.15) is 17.6 Å². The summed E-state index contributed by atoms with van der Waals surface area (Å²) in [5, 5.41) is 3.30. The van der Waals surface area contributed by atoms with Gasteiger partial charge in [-0.1, -0.05) is 36.6 Å². The molecule has 1 aliphatic rings. The number of amides is 2. The van der Waals surface area contributed by atoms with Gasteiger partial charge in [-0.2, -0.15) is 0 Å². The molecule has 38 heavy (non-hydrogen) atoms. The van der Waals surface area contributed by atoms with Crippen molar-refractivity contribution in [2.45, 2.75) is 64.1 Å². The van der Waals surface area contributed by atoms with E-state index in [1.807, 2.05) is 0 Å². The molecule has 1 atom stereocenters. The second-order valence-corrected chi connectivity index (χ2v) is 11.9. The quantitative estimate of drug-likeness (QED) is 0.407. The second-order valence-electron chi connectivity index (χ2n) is 9.57. The Morgan fingerprint density at radius 3 is 2.39 bits per heavy atom. The standard InChI is InChI=1S/C27H35ClFN3O5S/c1-19(27(34)30-22-7-4-5-8-22)31(18-20-10-12-21(29)13-11-20)26(33)9-6-16-32(38(3,35)36)23-14-15-25(37-2)24(28)17-23/h10-15,17,19,22H,4-9,16,18H2,1-3H3,(H,30,34)/t19-/m0/s1. The Bertz CT molecular complexity index is 1220. The number of nitrogens with one attached hydrogen (secondary N) is 1. The zero-order valence-corrected chi connectivity index (χ0v) is 23.5. The molecule has 0 bridgehead atoms. The van der Waals surface area contributed by atoms with Crippen LogP contribution in [-0.4, -0.2) is 57.1 Å². The van der Waals surface area contributed by atoms with E-state index in [0.29, 0.717) is 17.0 Å². The van der Waals surface area contributed by atoms with Crippen molar-refractivity contribution < 1.29 is 27.1 Å². The van der Waals surface area contributed by atoms with E-state index in [1.165, 1.54) is 34.5 Å². The number of sulfonamides is 1. The number of hydrogen-bond acceptors (Lipinski definition) is 5. The Balaban J connectivity index is 1.72. The number of rotatable bonds is 12. The van der Waals surface area contributed by atoms with Gasteiger partial charge in [-0.15, -0.1) is 0 Å².